The molecule has 1 aromatic heterocycles. The molecule has 0 spiro atoms. The standard InChI is InChI=1S/C16H20BrNO2/c1-4-18-9-13-8-15(20-12(13)3)10-19-14-5-6-16(17)11(2)7-14/h5-8,18H,4,9-10H2,1-3H3. The average Bonchev–Trinajstić information content (AvgIpc) is 2.78. The molecule has 0 amide bonds. The Labute approximate surface area is 128 Å². The van der Waals surface area contributed by atoms with Crippen LogP contribution >= 0.6 is 15.9 Å². The van der Waals surface area contributed by atoms with Gasteiger partial charge < -0.3 is 14.5 Å². The number of aryl methyl sites for hydroxylation is 2. The summed E-state index contributed by atoms with van der Waals surface area (Å²) in [6.45, 7) is 8.36. The number of rotatable bonds is 6. The molecule has 0 fully saturated rings. The van der Waals surface area contributed by atoms with E-state index < -0.39 is 0 Å². The average molecular weight is 338 g/mol. The number of furan rings is 1. The maximum atomic E-state index is 5.77. The monoisotopic (exact) mass is 337 g/mol. The molecule has 108 valence electrons. The summed E-state index contributed by atoms with van der Waals surface area (Å²) >= 11 is 3.48. The largest absolute Gasteiger partial charge is 0.486 e. The van der Waals surface area contributed by atoms with Crippen molar-refractivity contribution in [3.8, 4) is 5.75 Å². The molecule has 2 aromatic rings. The quantitative estimate of drug-likeness (QED) is 0.850. The second-order valence-corrected chi connectivity index (χ2v) is 5.63. The molecule has 0 radical (unpaired) electrons. The fraction of sp³-hybridized carbons (Fsp3) is 0.375. The van der Waals surface area contributed by atoms with E-state index in [0.717, 1.165) is 40.4 Å². The van der Waals surface area contributed by atoms with Crippen LogP contribution in [0, 0.1) is 13.8 Å². The van der Waals surface area contributed by atoms with Crippen molar-refractivity contribution in [2.75, 3.05) is 6.54 Å². The highest BCUT2D eigenvalue weighted by molar-refractivity contribution is 9.10. The lowest BCUT2D eigenvalue weighted by atomic mass is 10.2. The van der Waals surface area contributed by atoms with Gasteiger partial charge in [0.25, 0.3) is 0 Å². The van der Waals surface area contributed by atoms with Gasteiger partial charge in [-0.3, -0.25) is 0 Å². The zero-order valence-electron chi connectivity index (χ0n) is 12.1. The second-order valence-electron chi connectivity index (χ2n) is 4.77. The first-order valence-electron chi connectivity index (χ1n) is 6.78. The van der Waals surface area contributed by atoms with Gasteiger partial charge in [-0.05, 0) is 50.2 Å². The van der Waals surface area contributed by atoms with Crippen LogP contribution in [0.1, 0.15) is 29.6 Å². The molecule has 20 heavy (non-hydrogen) atoms. The van der Waals surface area contributed by atoms with Crippen molar-refractivity contribution in [2.45, 2.75) is 33.9 Å². The first-order chi connectivity index (χ1) is 9.60. The van der Waals surface area contributed by atoms with Crippen LogP contribution in [0.4, 0.5) is 0 Å². The highest BCUT2D eigenvalue weighted by Gasteiger charge is 2.08. The zero-order chi connectivity index (χ0) is 14.5. The molecular formula is C16H20BrNO2. The third-order valence-electron chi connectivity index (χ3n) is 3.15. The van der Waals surface area contributed by atoms with Gasteiger partial charge in [0.15, 0.2) is 0 Å². The van der Waals surface area contributed by atoms with Crippen molar-refractivity contribution in [1.82, 2.24) is 5.32 Å². The maximum Gasteiger partial charge on any atom is 0.146 e. The Balaban J connectivity index is 1.98. The van der Waals surface area contributed by atoms with Crippen molar-refractivity contribution >= 4 is 15.9 Å². The summed E-state index contributed by atoms with van der Waals surface area (Å²) < 4.78 is 12.6. The summed E-state index contributed by atoms with van der Waals surface area (Å²) in [5, 5.41) is 3.30. The highest BCUT2D eigenvalue weighted by atomic mass is 79.9. The Hall–Kier alpha value is -1.26. The minimum Gasteiger partial charge on any atom is -0.486 e. The summed E-state index contributed by atoms with van der Waals surface area (Å²) in [6, 6.07) is 8.02. The Bertz CT molecular complexity index is 578. The van der Waals surface area contributed by atoms with Gasteiger partial charge in [-0.25, -0.2) is 0 Å². The molecule has 0 unspecified atom stereocenters. The van der Waals surface area contributed by atoms with Gasteiger partial charge in [0.2, 0.25) is 0 Å². The molecular weight excluding hydrogens is 318 g/mol. The molecule has 4 heteroatoms. The van der Waals surface area contributed by atoms with E-state index in [9.17, 15) is 0 Å². The number of benzene rings is 1. The van der Waals surface area contributed by atoms with Crippen molar-refractivity contribution in [1.29, 1.82) is 0 Å². The molecule has 3 nitrogen and oxygen atoms in total. The first-order valence-corrected chi connectivity index (χ1v) is 7.57. The Morgan fingerprint density at radius 2 is 2.05 bits per heavy atom. The normalized spacial score (nSPS) is 10.8. The van der Waals surface area contributed by atoms with Crippen molar-refractivity contribution in [3.05, 3.63) is 51.4 Å². The predicted molar refractivity (Wildman–Crippen MR) is 84.0 cm³/mol. The van der Waals surface area contributed by atoms with Crippen LogP contribution < -0.4 is 10.1 Å². The number of hydrogen-bond donors (Lipinski definition) is 1. The molecule has 0 bridgehead atoms. The summed E-state index contributed by atoms with van der Waals surface area (Å²) in [7, 11) is 0. The molecule has 0 aliphatic carbocycles. The van der Waals surface area contributed by atoms with Crippen LogP contribution in [0.25, 0.3) is 0 Å². The number of halogens is 1. The molecule has 1 aromatic carbocycles. The summed E-state index contributed by atoms with van der Waals surface area (Å²) in [4.78, 5) is 0. The van der Waals surface area contributed by atoms with E-state index in [4.69, 9.17) is 9.15 Å². The minimum atomic E-state index is 0.452. The van der Waals surface area contributed by atoms with Crippen LogP contribution in [-0.2, 0) is 13.2 Å². The van der Waals surface area contributed by atoms with Crippen LogP contribution in [0.15, 0.2) is 33.2 Å². The topological polar surface area (TPSA) is 34.4 Å². The fourth-order valence-electron chi connectivity index (χ4n) is 1.96. The van der Waals surface area contributed by atoms with Gasteiger partial charge in [-0.1, -0.05) is 22.9 Å². The van der Waals surface area contributed by atoms with Gasteiger partial charge in [0, 0.05) is 16.6 Å². The molecule has 0 aliphatic heterocycles. The molecule has 2 rings (SSSR count). The van der Waals surface area contributed by atoms with E-state index in [1.54, 1.807) is 0 Å². The third-order valence-corrected chi connectivity index (χ3v) is 4.04. The van der Waals surface area contributed by atoms with Crippen LogP contribution in [0.5, 0.6) is 5.75 Å². The number of ether oxygens (including phenoxy) is 1. The molecule has 0 aliphatic rings. The Morgan fingerprint density at radius 1 is 1.25 bits per heavy atom. The molecule has 1 heterocycles. The van der Waals surface area contributed by atoms with Crippen LogP contribution in [0.2, 0.25) is 0 Å². The Morgan fingerprint density at radius 3 is 2.75 bits per heavy atom. The van der Waals surface area contributed by atoms with E-state index in [-0.39, 0.29) is 0 Å². The highest BCUT2D eigenvalue weighted by Crippen LogP contribution is 2.23. The van der Waals surface area contributed by atoms with E-state index >= 15 is 0 Å². The molecule has 0 atom stereocenters. The van der Waals surface area contributed by atoms with E-state index in [1.807, 2.05) is 32.0 Å². The van der Waals surface area contributed by atoms with E-state index in [2.05, 4.69) is 34.2 Å². The molecule has 0 saturated heterocycles. The van der Waals surface area contributed by atoms with Gasteiger partial charge in [0.1, 0.15) is 23.9 Å². The first kappa shape index (κ1) is 15.1. The lowest BCUT2D eigenvalue weighted by Crippen LogP contribution is -2.11. The SMILES string of the molecule is CCNCc1cc(COc2ccc(Br)c(C)c2)oc1C. The summed E-state index contributed by atoms with van der Waals surface area (Å²) in [6.07, 6.45) is 0. The van der Waals surface area contributed by atoms with Crippen LogP contribution in [0.3, 0.4) is 0 Å². The summed E-state index contributed by atoms with van der Waals surface area (Å²) in [5.41, 5.74) is 2.35. The lowest BCUT2D eigenvalue weighted by molar-refractivity contribution is 0.267. The third kappa shape index (κ3) is 3.87. The van der Waals surface area contributed by atoms with Crippen molar-refractivity contribution in [2.24, 2.45) is 0 Å². The number of nitrogens with one attached hydrogen (secondary N) is 1. The lowest BCUT2D eigenvalue weighted by Gasteiger charge is -2.06. The predicted octanol–water partition coefficient (Wildman–Crippen LogP) is 4.35. The Kier molecular flexibility index (Phi) is 5.26. The van der Waals surface area contributed by atoms with Gasteiger partial charge in [-0.15, -0.1) is 0 Å². The van der Waals surface area contributed by atoms with Crippen molar-refractivity contribution in [3.63, 3.8) is 0 Å². The van der Waals surface area contributed by atoms with Gasteiger partial charge >= 0.3 is 0 Å². The number of hydrogen-bond acceptors (Lipinski definition) is 3. The van der Waals surface area contributed by atoms with Gasteiger partial charge in [-0.2, -0.15) is 0 Å². The van der Waals surface area contributed by atoms with Crippen molar-refractivity contribution < 1.29 is 9.15 Å². The second kappa shape index (κ2) is 6.95. The molecule has 0 saturated carbocycles. The van der Waals surface area contributed by atoms with E-state index in [1.165, 1.54) is 5.56 Å². The van der Waals surface area contributed by atoms with Gasteiger partial charge in [0.05, 0.1) is 0 Å². The minimum absolute atomic E-state index is 0.452. The maximum absolute atomic E-state index is 5.77. The zero-order valence-corrected chi connectivity index (χ0v) is 13.7. The summed E-state index contributed by atoms with van der Waals surface area (Å²) in [5.74, 6) is 2.67. The van der Waals surface area contributed by atoms with E-state index in [0.29, 0.717) is 6.61 Å². The molecule has 1 N–H and O–H groups in total. The fourth-order valence-corrected chi connectivity index (χ4v) is 2.20. The van der Waals surface area contributed by atoms with Crippen LogP contribution in [-0.4, -0.2) is 6.54 Å². The smallest absolute Gasteiger partial charge is 0.146 e.